The van der Waals surface area contributed by atoms with E-state index in [2.05, 4.69) is 5.32 Å². The minimum Gasteiger partial charge on any atom is -0.493 e. The maximum absolute atomic E-state index is 10.5. The third-order valence-corrected chi connectivity index (χ3v) is 2.25. The fraction of sp³-hybridized carbons (Fsp3) is 0.417. The maximum Gasteiger partial charge on any atom is 0.320 e. The zero-order valence-corrected chi connectivity index (χ0v) is 9.97. The largest absolute Gasteiger partial charge is 0.493 e. The lowest BCUT2D eigenvalue weighted by molar-refractivity contribution is -0.139. The summed E-state index contributed by atoms with van der Waals surface area (Å²) in [4.78, 5) is 10.5. The van der Waals surface area contributed by atoms with Crippen molar-refractivity contribution in [2.45, 2.75) is 13.0 Å². The Morgan fingerprint density at radius 1 is 1.41 bits per heavy atom. The molecule has 0 saturated heterocycles. The van der Waals surface area contributed by atoms with Crippen LogP contribution in [0.3, 0.4) is 0 Å². The van der Waals surface area contributed by atoms with Crippen LogP contribution in [0.25, 0.3) is 0 Å². The van der Waals surface area contributed by atoms with Gasteiger partial charge in [-0.3, -0.25) is 4.79 Å². The van der Waals surface area contributed by atoms with Crippen LogP contribution in [0.1, 0.15) is 6.92 Å². The molecule has 0 radical (unpaired) electrons. The van der Waals surface area contributed by atoms with Crippen LogP contribution in [-0.4, -0.2) is 37.4 Å². The highest BCUT2D eigenvalue weighted by molar-refractivity contribution is 5.72. The number of ether oxygens (including phenoxy) is 2. The van der Waals surface area contributed by atoms with Gasteiger partial charge in [0.1, 0.15) is 12.6 Å². The molecule has 2 N–H and O–H groups in total. The van der Waals surface area contributed by atoms with Gasteiger partial charge in [0.25, 0.3) is 0 Å². The van der Waals surface area contributed by atoms with E-state index in [1.54, 1.807) is 20.1 Å². The SMILES string of the molecule is COc1ccccc1OCCN[C@H](C)C(=O)O. The highest BCUT2D eigenvalue weighted by atomic mass is 16.5. The van der Waals surface area contributed by atoms with Crippen molar-refractivity contribution in [1.29, 1.82) is 0 Å². The van der Waals surface area contributed by atoms with E-state index in [1.165, 1.54) is 0 Å². The smallest absolute Gasteiger partial charge is 0.320 e. The molecule has 0 bridgehead atoms. The molecule has 1 atom stereocenters. The summed E-state index contributed by atoms with van der Waals surface area (Å²) in [5, 5.41) is 11.5. The van der Waals surface area contributed by atoms with E-state index in [4.69, 9.17) is 14.6 Å². The predicted molar refractivity (Wildman–Crippen MR) is 63.6 cm³/mol. The molecule has 5 heteroatoms. The molecule has 0 aliphatic rings. The zero-order chi connectivity index (χ0) is 12.7. The Labute approximate surface area is 100 Å². The molecule has 1 aromatic carbocycles. The fourth-order valence-electron chi connectivity index (χ4n) is 1.26. The number of aliphatic carboxylic acids is 1. The van der Waals surface area contributed by atoms with E-state index in [-0.39, 0.29) is 0 Å². The molecular weight excluding hydrogens is 222 g/mol. The van der Waals surface area contributed by atoms with Crippen molar-refractivity contribution >= 4 is 5.97 Å². The quantitative estimate of drug-likeness (QED) is 0.698. The highest BCUT2D eigenvalue weighted by Crippen LogP contribution is 2.25. The average Bonchev–Trinajstić information content (AvgIpc) is 2.34. The Bertz CT molecular complexity index is 367. The van der Waals surface area contributed by atoms with Gasteiger partial charge in [0.05, 0.1) is 7.11 Å². The number of methoxy groups -OCH3 is 1. The molecule has 1 aromatic rings. The summed E-state index contributed by atoms with van der Waals surface area (Å²) < 4.78 is 10.6. The van der Waals surface area contributed by atoms with Crippen LogP contribution in [0.2, 0.25) is 0 Å². The van der Waals surface area contributed by atoms with Crippen LogP contribution in [0.4, 0.5) is 0 Å². The van der Waals surface area contributed by atoms with E-state index >= 15 is 0 Å². The van der Waals surface area contributed by atoms with Crippen LogP contribution >= 0.6 is 0 Å². The molecule has 0 amide bonds. The predicted octanol–water partition coefficient (Wildman–Crippen LogP) is 1.14. The van der Waals surface area contributed by atoms with E-state index in [0.29, 0.717) is 24.7 Å². The van der Waals surface area contributed by atoms with Crippen molar-refractivity contribution in [2.75, 3.05) is 20.3 Å². The minimum absolute atomic E-state index is 0.387. The van der Waals surface area contributed by atoms with Crippen molar-refractivity contribution in [1.82, 2.24) is 5.32 Å². The van der Waals surface area contributed by atoms with Gasteiger partial charge in [-0.25, -0.2) is 0 Å². The third kappa shape index (κ3) is 4.32. The molecular formula is C12H17NO4. The summed E-state index contributed by atoms with van der Waals surface area (Å²) in [6.07, 6.45) is 0. The van der Waals surface area contributed by atoms with Gasteiger partial charge in [-0.05, 0) is 19.1 Å². The van der Waals surface area contributed by atoms with Gasteiger partial charge in [-0.15, -0.1) is 0 Å². The molecule has 0 spiro atoms. The Morgan fingerprint density at radius 2 is 2.06 bits per heavy atom. The van der Waals surface area contributed by atoms with Gasteiger partial charge in [-0.2, -0.15) is 0 Å². The third-order valence-electron chi connectivity index (χ3n) is 2.25. The molecule has 17 heavy (non-hydrogen) atoms. The summed E-state index contributed by atoms with van der Waals surface area (Å²) >= 11 is 0. The molecule has 94 valence electrons. The number of benzene rings is 1. The first-order valence-corrected chi connectivity index (χ1v) is 5.37. The van der Waals surface area contributed by atoms with Crippen LogP contribution < -0.4 is 14.8 Å². The Morgan fingerprint density at radius 3 is 2.65 bits per heavy atom. The van der Waals surface area contributed by atoms with Crippen molar-refractivity contribution in [3.63, 3.8) is 0 Å². The molecule has 5 nitrogen and oxygen atoms in total. The lowest BCUT2D eigenvalue weighted by atomic mass is 10.3. The number of rotatable bonds is 7. The first-order valence-electron chi connectivity index (χ1n) is 5.37. The molecule has 0 unspecified atom stereocenters. The van der Waals surface area contributed by atoms with Crippen LogP contribution in [0, 0.1) is 0 Å². The maximum atomic E-state index is 10.5. The second-order valence-corrected chi connectivity index (χ2v) is 3.51. The number of hydrogen-bond acceptors (Lipinski definition) is 4. The molecule has 0 saturated carbocycles. The number of nitrogens with one attached hydrogen (secondary N) is 1. The molecule has 0 heterocycles. The Kier molecular flexibility index (Phi) is 5.29. The molecule has 0 fully saturated rings. The first kappa shape index (κ1) is 13.3. The van der Waals surface area contributed by atoms with Gasteiger partial charge in [0.15, 0.2) is 11.5 Å². The summed E-state index contributed by atoms with van der Waals surface area (Å²) in [5.74, 6) is 0.445. The van der Waals surface area contributed by atoms with E-state index < -0.39 is 12.0 Å². The van der Waals surface area contributed by atoms with Crippen LogP contribution in [0.5, 0.6) is 11.5 Å². The van der Waals surface area contributed by atoms with Gasteiger partial charge in [0, 0.05) is 6.54 Å². The molecule has 0 aromatic heterocycles. The highest BCUT2D eigenvalue weighted by Gasteiger charge is 2.09. The second kappa shape index (κ2) is 6.75. The summed E-state index contributed by atoms with van der Waals surface area (Å²) in [5.41, 5.74) is 0. The summed E-state index contributed by atoms with van der Waals surface area (Å²) in [6, 6.07) is 6.75. The van der Waals surface area contributed by atoms with Crippen LogP contribution in [0.15, 0.2) is 24.3 Å². The molecule has 0 aliphatic carbocycles. The van der Waals surface area contributed by atoms with Crippen LogP contribution in [-0.2, 0) is 4.79 Å². The number of carbonyl (C=O) groups is 1. The Hall–Kier alpha value is -1.75. The lowest BCUT2D eigenvalue weighted by Gasteiger charge is -2.12. The number of hydrogen-bond donors (Lipinski definition) is 2. The standard InChI is InChI=1S/C12H17NO4/c1-9(12(14)15)13-7-8-17-11-6-4-3-5-10(11)16-2/h3-6,9,13H,7-8H2,1-2H3,(H,14,15)/t9-/m1/s1. The fourth-order valence-corrected chi connectivity index (χ4v) is 1.26. The number of para-hydroxylation sites is 2. The summed E-state index contributed by atoms with van der Waals surface area (Å²) in [6.45, 7) is 2.44. The van der Waals surface area contributed by atoms with Gasteiger partial charge in [0.2, 0.25) is 0 Å². The second-order valence-electron chi connectivity index (χ2n) is 3.51. The number of carboxylic acid groups (broad SMARTS) is 1. The van der Waals surface area contributed by atoms with E-state index in [0.717, 1.165) is 0 Å². The van der Waals surface area contributed by atoms with Crippen molar-refractivity contribution in [2.24, 2.45) is 0 Å². The van der Waals surface area contributed by atoms with E-state index in [9.17, 15) is 4.79 Å². The molecule has 0 aliphatic heterocycles. The van der Waals surface area contributed by atoms with Crippen molar-refractivity contribution in [3.8, 4) is 11.5 Å². The van der Waals surface area contributed by atoms with Gasteiger partial charge >= 0.3 is 5.97 Å². The molecule has 1 rings (SSSR count). The first-order chi connectivity index (χ1) is 8.15. The lowest BCUT2D eigenvalue weighted by Crippen LogP contribution is -2.36. The average molecular weight is 239 g/mol. The van der Waals surface area contributed by atoms with E-state index in [1.807, 2.05) is 18.2 Å². The van der Waals surface area contributed by atoms with Gasteiger partial charge < -0.3 is 19.9 Å². The normalized spacial score (nSPS) is 11.9. The Balaban J connectivity index is 2.33. The van der Waals surface area contributed by atoms with Crippen molar-refractivity contribution < 1.29 is 19.4 Å². The summed E-state index contributed by atoms with van der Waals surface area (Å²) in [7, 11) is 1.58. The van der Waals surface area contributed by atoms with Gasteiger partial charge in [-0.1, -0.05) is 12.1 Å². The monoisotopic (exact) mass is 239 g/mol. The van der Waals surface area contributed by atoms with Crippen molar-refractivity contribution in [3.05, 3.63) is 24.3 Å². The number of carboxylic acids is 1. The zero-order valence-electron chi connectivity index (χ0n) is 9.97. The minimum atomic E-state index is -0.873. The topological polar surface area (TPSA) is 67.8 Å².